The molecule has 0 bridgehead atoms. The van der Waals surface area contributed by atoms with Gasteiger partial charge in [0.05, 0.1) is 23.6 Å². The summed E-state index contributed by atoms with van der Waals surface area (Å²) < 4.78 is 45.2. The standard InChI is InChI=1S/C30H33FN4O6S/c1-17-7-8-19(14-26(17)41-3)28(34-21-9-11-24(31)22(15-21)29(32)37)30(38)35-13-5-6-25(35)23-16-20(33-18(2)36)10-12-27(23)42(4,39)40/h7-12,14-16,25,28,34H,5-6,13H2,1-4H3,(H2,32,37)(H,33,36)/t25-,28-/m1/s1. The quantitative estimate of drug-likeness (QED) is 0.337. The number of anilines is 2. The number of primary amides is 1. The molecule has 0 spiro atoms. The first-order valence-corrected chi connectivity index (χ1v) is 15.1. The van der Waals surface area contributed by atoms with Gasteiger partial charge in [0.2, 0.25) is 11.8 Å². The predicted octanol–water partition coefficient (Wildman–Crippen LogP) is 4.12. The molecule has 3 aromatic rings. The monoisotopic (exact) mass is 596 g/mol. The number of ether oxygens (including phenoxy) is 1. The van der Waals surface area contributed by atoms with Gasteiger partial charge in [0.1, 0.15) is 17.6 Å². The minimum absolute atomic E-state index is 0.0625. The highest BCUT2D eigenvalue weighted by atomic mass is 32.2. The molecule has 42 heavy (non-hydrogen) atoms. The van der Waals surface area contributed by atoms with Crippen molar-refractivity contribution in [3.05, 3.63) is 82.7 Å². The SMILES string of the molecule is COc1cc([C@@H](Nc2ccc(F)c(C(N)=O)c2)C(=O)N2CCC[C@@H]2c2cc(NC(C)=O)ccc2S(C)(=O)=O)ccc1C. The summed E-state index contributed by atoms with van der Waals surface area (Å²) in [7, 11) is -2.16. The van der Waals surface area contributed by atoms with Gasteiger partial charge in [0, 0.05) is 31.1 Å². The molecular formula is C30H33FN4O6S. The molecule has 1 heterocycles. The van der Waals surface area contributed by atoms with Crippen LogP contribution in [-0.4, -0.2) is 50.9 Å². The lowest BCUT2D eigenvalue weighted by molar-refractivity contribution is -0.133. The maximum atomic E-state index is 14.4. The first-order valence-electron chi connectivity index (χ1n) is 13.2. The summed E-state index contributed by atoms with van der Waals surface area (Å²) in [6.07, 6.45) is 2.19. The molecule has 0 aromatic heterocycles. The van der Waals surface area contributed by atoms with Gasteiger partial charge in [-0.1, -0.05) is 12.1 Å². The normalized spacial score (nSPS) is 15.6. The zero-order valence-corrected chi connectivity index (χ0v) is 24.5. The van der Waals surface area contributed by atoms with Gasteiger partial charge >= 0.3 is 0 Å². The molecule has 3 amide bonds. The maximum absolute atomic E-state index is 14.4. The molecule has 1 aliphatic heterocycles. The van der Waals surface area contributed by atoms with Gasteiger partial charge < -0.3 is 26.0 Å². The Hall–Kier alpha value is -4.45. The molecule has 1 saturated heterocycles. The number of benzene rings is 3. The predicted molar refractivity (Wildman–Crippen MR) is 157 cm³/mol. The summed E-state index contributed by atoms with van der Waals surface area (Å²) in [4.78, 5) is 39.5. The van der Waals surface area contributed by atoms with Gasteiger partial charge in [-0.3, -0.25) is 14.4 Å². The number of amides is 3. The molecule has 0 aliphatic carbocycles. The van der Waals surface area contributed by atoms with Crippen LogP contribution in [0.1, 0.15) is 58.9 Å². The molecule has 0 unspecified atom stereocenters. The second-order valence-electron chi connectivity index (χ2n) is 10.3. The van der Waals surface area contributed by atoms with Gasteiger partial charge in [-0.25, -0.2) is 12.8 Å². The summed E-state index contributed by atoms with van der Waals surface area (Å²) in [5.74, 6) is -1.90. The zero-order chi connectivity index (χ0) is 30.8. The van der Waals surface area contributed by atoms with E-state index in [2.05, 4.69) is 10.6 Å². The molecule has 2 atom stereocenters. The number of hydrogen-bond acceptors (Lipinski definition) is 7. The van der Waals surface area contributed by atoms with E-state index in [0.29, 0.717) is 42.0 Å². The van der Waals surface area contributed by atoms with E-state index in [4.69, 9.17) is 10.5 Å². The van der Waals surface area contributed by atoms with E-state index >= 15 is 0 Å². The van der Waals surface area contributed by atoms with Crippen molar-refractivity contribution in [1.82, 2.24) is 4.90 Å². The second kappa shape index (κ2) is 12.2. The fourth-order valence-corrected chi connectivity index (χ4v) is 6.16. The summed E-state index contributed by atoms with van der Waals surface area (Å²) in [5, 5.41) is 5.80. The second-order valence-corrected chi connectivity index (χ2v) is 12.2. The summed E-state index contributed by atoms with van der Waals surface area (Å²) in [5.41, 5.74) is 7.47. The molecule has 4 rings (SSSR count). The molecule has 0 saturated carbocycles. The van der Waals surface area contributed by atoms with Gasteiger partial charge in [-0.2, -0.15) is 0 Å². The van der Waals surface area contributed by atoms with Crippen molar-refractivity contribution in [2.24, 2.45) is 5.73 Å². The van der Waals surface area contributed by atoms with Crippen LogP contribution < -0.4 is 21.1 Å². The molecular weight excluding hydrogens is 563 g/mol. The van der Waals surface area contributed by atoms with Gasteiger partial charge in [0.25, 0.3) is 5.91 Å². The zero-order valence-electron chi connectivity index (χ0n) is 23.7. The van der Waals surface area contributed by atoms with Crippen LogP contribution in [0.2, 0.25) is 0 Å². The lowest BCUT2D eigenvalue weighted by atomic mass is 9.99. The van der Waals surface area contributed by atoms with Crippen LogP contribution >= 0.6 is 0 Å². The van der Waals surface area contributed by atoms with E-state index in [1.807, 2.05) is 6.92 Å². The number of aryl methyl sites for hydroxylation is 1. The van der Waals surface area contributed by atoms with Crippen LogP contribution in [0.5, 0.6) is 5.75 Å². The number of nitrogens with one attached hydrogen (secondary N) is 2. The third-order valence-electron chi connectivity index (χ3n) is 7.18. The Bertz CT molecular complexity index is 1660. The Morgan fingerprint density at radius 3 is 2.43 bits per heavy atom. The highest BCUT2D eigenvalue weighted by Crippen LogP contribution is 2.39. The minimum atomic E-state index is -3.68. The number of carbonyl (C=O) groups is 3. The van der Waals surface area contributed by atoms with Crippen LogP contribution in [0.25, 0.3) is 0 Å². The van der Waals surface area contributed by atoms with E-state index in [9.17, 15) is 27.2 Å². The van der Waals surface area contributed by atoms with Gasteiger partial charge in [0.15, 0.2) is 9.84 Å². The number of hydrogen-bond donors (Lipinski definition) is 3. The summed E-state index contributed by atoms with van der Waals surface area (Å²) in [6, 6.07) is 11.9. The van der Waals surface area contributed by atoms with Crippen LogP contribution in [0.4, 0.5) is 15.8 Å². The fourth-order valence-electron chi connectivity index (χ4n) is 5.22. The van der Waals surface area contributed by atoms with Crippen molar-refractivity contribution >= 4 is 38.9 Å². The summed E-state index contributed by atoms with van der Waals surface area (Å²) in [6.45, 7) is 3.55. The number of carbonyl (C=O) groups excluding carboxylic acids is 3. The summed E-state index contributed by atoms with van der Waals surface area (Å²) >= 11 is 0. The maximum Gasteiger partial charge on any atom is 0.251 e. The van der Waals surface area contributed by atoms with Crippen molar-refractivity contribution in [3.63, 3.8) is 0 Å². The number of likely N-dealkylation sites (tertiary alicyclic amines) is 1. The molecule has 1 fully saturated rings. The fraction of sp³-hybridized carbons (Fsp3) is 0.300. The number of nitrogens with two attached hydrogens (primary N) is 1. The lowest BCUT2D eigenvalue weighted by Crippen LogP contribution is -2.38. The van der Waals surface area contributed by atoms with Crippen LogP contribution in [0.3, 0.4) is 0 Å². The molecule has 222 valence electrons. The first-order chi connectivity index (χ1) is 19.8. The van der Waals surface area contributed by atoms with Crippen molar-refractivity contribution in [2.75, 3.05) is 30.5 Å². The van der Waals surface area contributed by atoms with E-state index in [0.717, 1.165) is 17.9 Å². The topological polar surface area (TPSA) is 148 Å². The van der Waals surface area contributed by atoms with Crippen molar-refractivity contribution in [2.45, 2.75) is 43.7 Å². The smallest absolute Gasteiger partial charge is 0.251 e. The van der Waals surface area contributed by atoms with E-state index < -0.39 is 33.6 Å². The molecule has 1 aliphatic rings. The minimum Gasteiger partial charge on any atom is -0.496 e. The first kappa shape index (κ1) is 30.5. The van der Waals surface area contributed by atoms with Gasteiger partial charge in [-0.05, 0) is 78.9 Å². The molecule has 10 nitrogen and oxygen atoms in total. The van der Waals surface area contributed by atoms with Crippen molar-refractivity contribution in [1.29, 1.82) is 0 Å². The highest BCUT2D eigenvalue weighted by Gasteiger charge is 2.37. The van der Waals surface area contributed by atoms with E-state index in [1.165, 1.54) is 38.3 Å². The molecule has 4 N–H and O–H groups in total. The van der Waals surface area contributed by atoms with E-state index in [1.54, 1.807) is 29.2 Å². The third kappa shape index (κ3) is 6.54. The van der Waals surface area contributed by atoms with Crippen LogP contribution in [0, 0.1) is 12.7 Å². The third-order valence-corrected chi connectivity index (χ3v) is 8.35. The average Bonchev–Trinajstić information content (AvgIpc) is 3.41. The number of rotatable bonds is 9. The van der Waals surface area contributed by atoms with E-state index in [-0.39, 0.29) is 28.0 Å². The lowest BCUT2D eigenvalue weighted by Gasteiger charge is -2.31. The Balaban J connectivity index is 1.81. The highest BCUT2D eigenvalue weighted by molar-refractivity contribution is 7.90. The number of sulfone groups is 1. The molecule has 12 heteroatoms. The van der Waals surface area contributed by atoms with Crippen molar-refractivity contribution < 1.29 is 31.9 Å². The van der Waals surface area contributed by atoms with Gasteiger partial charge in [-0.15, -0.1) is 0 Å². The Labute approximate surface area is 244 Å². The van der Waals surface area contributed by atoms with Crippen molar-refractivity contribution in [3.8, 4) is 5.75 Å². The number of nitrogens with zero attached hydrogens (tertiary/aromatic N) is 1. The Morgan fingerprint density at radius 1 is 1.07 bits per heavy atom. The molecule has 0 radical (unpaired) electrons. The van der Waals surface area contributed by atoms with Crippen LogP contribution in [-0.2, 0) is 19.4 Å². The Morgan fingerprint density at radius 2 is 1.79 bits per heavy atom. The number of halogens is 1. The molecule has 3 aromatic carbocycles. The number of methoxy groups -OCH3 is 1. The van der Waals surface area contributed by atoms with Crippen LogP contribution in [0.15, 0.2) is 59.5 Å². The average molecular weight is 597 g/mol. The Kier molecular flexibility index (Phi) is 8.86. The largest absolute Gasteiger partial charge is 0.496 e.